The molecule has 0 saturated heterocycles. The zero-order chi connectivity index (χ0) is 14.8. The van der Waals surface area contributed by atoms with Crippen molar-refractivity contribution in [3.05, 3.63) is 71.2 Å². The van der Waals surface area contributed by atoms with E-state index in [1.807, 2.05) is 41.1 Å². The normalized spacial score (nSPS) is 10.7. The molecule has 0 radical (unpaired) electrons. The molecule has 0 saturated carbocycles. The number of nitriles is 1. The number of benzene rings is 2. The van der Waals surface area contributed by atoms with Gasteiger partial charge >= 0.3 is 0 Å². The van der Waals surface area contributed by atoms with Crippen molar-refractivity contribution in [2.45, 2.75) is 13.1 Å². The first kappa shape index (κ1) is 13.3. The molecule has 4 heteroatoms. The molecular formula is C17H14FN3. The van der Waals surface area contributed by atoms with Crippen molar-refractivity contribution in [1.82, 2.24) is 4.57 Å². The summed E-state index contributed by atoms with van der Waals surface area (Å²) in [6, 6.07) is 14.4. The van der Waals surface area contributed by atoms with E-state index >= 15 is 0 Å². The van der Waals surface area contributed by atoms with E-state index in [0.717, 1.165) is 22.0 Å². The fourth-order valence-corrected chi connectivity index (χ4v) is 2.62. The van der Waals surface area contributed by atoms with E-state index in [4.69, 9.17) is 11.0 Å². The summed E-state index contributed by atoms with van der Waals surface area (Å²) in [7, 11) is 0. The van der Waals surface area contributed by atoms with Crippen LogP contribution in [0.1, 0.15) is 16.7 Å². The lowest BCUT2D eigenvalue weighted by molar-refractivity contribution is 0.623. The van der Waals surface area contributed by atoms with Crippen molar-refractivity contribution in [3.8, 4) is 6.07 Å². The standard InChI is InChI=1S/C17H14FN3/c18-15-6-12(8-19)5-13(7-15)10-21-11-14(9-20)16-3-1-2-4-17(16)21/h1-7,11H,9-10,20H2. The van der Waals surface area contributed by atoms with Gasteiger partial charge in [-0.25, -0.2) is 4.39 Å². The highest BCUT2D eigenvalue weighted by molar-refractivity contribution is 5.84. The quantitative estimate of drug-likeness (QED) is 0.800. The van der Waals surface area contributed by atoms with Crippen LogP contribution in [-0.4, -0.2) is 4.57 Å². The van der Waals surface area contributed by atoms with Gasteiger partial charge in [0.05, 0.1) is 11.6 Å². The Kier molecular flexibility index (Phi) is 3.43. The Balaban J connectivity index is 2.06. The predicted octanol–water partition coefficient (Wildman–Crippen LogP) is 3.16. The molecule has 1 heterocycles. The third kappa shape index (κ3) is 2.51. The largest absolute Gasteiger partial charge is 0.343 e. The number of rotatable bonds is 3. The van der Waals surface area contributed by atoms with Crippen LogP contribution in [0.4, 0.5) is 4.39 Å². The minimum absolute atomic E-state index is 0.334. The molecule has 0 bridgehead atoms. The van der Waals surface area contributed by atoms with Gasteiger partial charge in [-0.1, -0.05) is 18.2 Å². The first-order chi connectivity index (χ1) is 10.2. The predicted molar refractivity (Wildman–Crippen MR) is 80.0 cm³/mol. The zero-order valence-corrected chi connectivity index (χ0v) is 11.4. The van der Waals surface area contributed by atoms with Gasteiger partial charge in [0.25, 0.3) is 0 Å². The van der Waals surface area contributed by atoms with Crippen LogP contribution in [0.15, 0.2) is 48.7 Å². The molecule has 3 rings (SSSR count). The molecule has 0 fully saturated rings. The van der Waals surface area contributed by atoms with E-state index in [2.05, 4.69) is 0 Å². The van der Waals surface area contributed by atoms with Crippen LogP contribution in [0.5, 0.6) is 0 Å². The average Bonchev–Trinajstić information content (AvgIpc) is 2.85. The first-order valence-electron chi connectivity index (χ1n) is 6.67. The summed E-state index contributed by atoms with van der Waals surface area (Å²) in [6.07, 6.45) is 1.99. The molecule has 1 aromatic heterocycles. The monoisotopic (exact) mass is 279 g/mol. The van der Waals surface area contributed by atoms with Crippen LogP contribution in [-0.2, 0) is 13.1 Å². The summed E-state index contributed by atoms with van der Waals surface area (Å²) in [6.45, 7) is 0.965. The van der Waals surface area contributed by atoms with Gasteiger partial charge in [0.15, 0.2) is 0 Å². The smallest absolute Gasteiger partial charge is 0.124 e. The number of aromatic nitrogens is 1. The lowest BCUT2D eigenvalue weighted by Crippen LogP contribution is -2.00. The second-order valence-electron chi connectivity index (χ2n) is 4.96. The maximum atomic E-state index is 13.5. The van der Waals surface area contributed by atoms with Crippen LogP contribution < -0.4 is 5.73 Å². The molecule has 0 aliphatic heterocycles. The molecule has 0 spiro atoms. The fraction of sp³-hybridized carbons (Fsp3) is 0.118. The third-order valence-corrected chi connectivity index (χ3v) is 3.53. The Morgan fingerprint density at radius 2 is 2.00 bits per heavy atom. The van der Waals surface area contributed by atoms with Gasteiger partial charge in [-0.3, -0.25) is 0 Å². The van der Waals surface area contributed by atoms with Gasteiger partial charge in [-0.05, 0) is 35.4 Å². The molecule has 2 aromatic carbocycles. The Morgan fingerprint density at radius 1 is 1.19 bits per heavy atom. The summed E-state index contributed by atoms with van der Waals surface area (Å²) in [5.41, 5.74) is 8.98. The Hall–Kier alpha value is -2.64. The molecule has 3 nitrogen and oxygen atoms in total. The summed E-state index contributed by atoms with van der Waals surface area (Å²) in [5, 5.41) is 10.0. The second-order valence-corrected chi connectivity index (χ2v) is 4.96. The van der Waals surface area contributed by atoms with E-state index < -0.39 is 0 Å². The molecule has 3 aromatic rings. The minimum atomic E-state index is -0.389. The molecule has 21 heavy (non-hydrogen) atoms. The van der Waals surface area contributed by atoms with E-state index in [0.29, 0.717) is 18.7 Å². The number of para-hydroxylation sites is 1. The van der Waals surface area contributed by atoms with E-state index in [9.17, 15) is 4.39 Å². The van der Waals surface area contributed by atoms with Crippen LogP contribution in [0, 0.1) is 17.1 Å². The second kappa shape index (κ2) is 5.39. The van der Waals surface area contributed by atoms with Crippen LogP contribution in [0.25, 0.3) is 10.9 Å². The Labute approximate surface area is 122 Å². The topological polar surface area (TPSA) is 54.7 Å². The zero-order valence-electron chi connectivity index (χ0n) is 11.4. The molecular weight excluding hydrogens is 265 g/mol. The SMILES string of the molecule is N#Cc1cc(F)cc(Cn2cc(CN)c3ccccc32)c1. The van der Waals surface area contributed by atoms with Crippen molar-refractivity contribution in [2.75, 3.05) is 0 Å². The van der Waals surface area contributed by atoms with Crippen molar-refractivity contribution in [3.63, 3.8) is 0 Å². The highest BCUT2D eigenvalue weighted by Gasteiger charge is 2.08. The molecule has 0 aliphatic rings. The summed E-state index contributed by atoms with van der Waals surface area (Å²) in [4.78, 5) is 0. The minimum Gasteiger partial charge on any atom is -0.343 e. The summed E-state index contributed by atoms with van der Waals surface area (Å²) >= 11 is 0. The van der Waals surface area contributed by atoms with Crippen LogP contribution in [0.3, 0.4) is 0 Å². The van der Waals surface area contributed by atoms with E-state index in [1.165, 1.54) is 12.1 Å². The van der Waals surface area contributed by atoms with Gasteiger partial charge in [0.2, 0.25) is 0 Å². The van der Waals surface area contributed by atoms with Gasteiger partial charge in [0.1, 0.15) is 5.82 Å². The first-order valence-corrected chi connectivity index (χ1v) is 6.67. The maximum Gasteiger partial charge on any atom is 0.124 e. The fourth-order valence-electron chi connectivity index (χ4n) is 2.62. The number of nitrogens with zero attached hydrogens (tertiary/aromatic N) is 2. The van der Waals surface area contributed by atoms with Crippen LogP contribution in [0.2, 0.25) is 0 Å². The summed E-state index contributed by atoms with van der Waals surface area (Å²) < 4.78 is 15.6. The average molecular weight is 279 g/mol. The van der Waals surface area contributed by atoms with Gasteiger partial charge in [-0.2, -0.15) is 5.26 Å². The van der Waals surface area contributed by atoms with Crippen molar-refractivity contribution < 1.29 is 4.39 Å². The highest BCUT2D eigenvalue weighted by atomic mass is 19.1. The van der Waals surface area contributed by atoms with E-state index in [-0.39, 0.29) is 5.82 Å². The lowest BCUT2D eigenvalue weighted by atomic mass is 10.1. The number of hydrogen-bond donors (Lipinski definition) is 1. The molecule has 0 atom stereocenters. The van der Waals surface area contributed by atoms with E-state index in [1.54, 1.807) is 6.07 Å². The number of halogens is 1. The Bertz CT molecular complexity index is 843. The number of nitrogens with two attached hydrogens (primary N) is 1. The summed E-state index contributed by atoms with van der Waals surface area (Å²) in [5.74, 6) is -0.389. The van der Waals surface area contributed by atoms with Crippen molar-refractivity contribution >= 4 is 10.9 Å². The molecule has 0 amide bonds. The van der Waals surface area contributed by atoms with Crippen molar-refractivity contribution in [1.29, 1.82) is 5.26 Å². The Morgan fingerprint density at radius 3 is 2.76 bits per heavy atom. The lowest BCUT2D eigenvalue weighted by Gasteiger charge is -2.06. The van der Waals surface area contributed by atoms with Crippen molar-refractivity contribution in [2.24, 2.45) is 5.73 Å². The maximum absolute atomic E-state index is 13.5. The molecule has 0 unspecified atom stereocenters. The molecule has 0 aliphatic carbocycles. The molecule has 104 valence electrons. The van der Waals surface area contributed by atoms with Gasteiger partial charge in [-0.15, -0.1) is 0 Å². The molecule has 2 N–H and O–H groups in total. The number of fused-ring (bicyclic) bond motifs is 1. The van der Waals surface area contributed by atoms with Gasteiger partial charge < -0.3 is 10.3 Å². The van der Waals surface area contributed by atoms with Gasteiger partial charge in [0, 0.05) is 30.2 Å². The highest BCUT2D eigenvalue weighted by Crippen LogP contribution is 2.22. The number of hydrogen-bond acceptors (Lipinski definition) is 2. The third-order valence-electron chi connectivity index (χ3n) is 3.53. The van der Waals surface area contributed by atoms with Crippen LogP contribution >= 0.6 is 0 Å².